The second kappa shape index (κ2) is 8.68. The lowest BCUT2D eigenvalue weighted by Crippen LogP contribution is -2.20. The molecule has 30 heavy (non-hydrogen) atoms. The lowest BCUT2D eigenvalue weighted by Gasteiger charge is -2.20. The Kier molecular flexibility index (Phi) is 6.41. The van der Waals surface area contributed by atoms with Crippen LogP contribution in [0.4, 0.5) is 33.3 Å². The maximum Gasteiger partial charge on any atom is 0.437 e. The molecular formula is C19H14F5N3OS2. The number of rotatable bonds is 6. The molecule has 0 bridgehead atoms. The molecule has 0 spiro atoms. The lowest BCUT2D eigenvalue weighted by molar-refractivity contribution is -0.140. The fourth-order valence-corrected chi connectivity index (χ4v) is 4.05. The summed E-state index contributed by atoms with van der Waals surface area (Å²) in [6, 6.07) is 9.26. The van der Waals surface area contributed by atoms with Crippen LogP contribution in [-0.2, 0) is 18.0 Å². The van der Waals surface area contributed by atoms with Gasteiger partial charge < -0.3 is 0 Å². The lowest BCUT2D eigenvalue weighted by atomic mass is 10.2. The first-order chi connectivity index (χ1) is 14.2. The molecule has 1 aromatic heterocycles. The van der Waals surface area contributed by atoms with Gasteiger partial charge in [0.25, 0.3) is 0 Å². The molecule has 158 valence electrons. The van der Waals surface area contributed by atoms with Crippen LogP contribution in [0.1, 0.15) is 5.69 Å². The predicted octanol–water partition coefficient (Wildman–Crippen LogP) is 5.88. The van der Waals surface area contributed by atoms with Gasteiger partial charge in [-0.3, -0.25) is 14.4 Å². The highest BCUT2D eigenvalue weighted by Gasteiger charge is 2.41. The normalized spacial score (nSPS) is 11.6. The maximum absolute atomic E-state index is 14.3. The van der Waals surface area contributed by atoms with Crippen LogP contribution in [0.15, 0.2) is 57.3 Å². The van der Waals surface area contributed by atoms with E-state index in [0.717, 1.165) is 33.5 Å². The molecule has 0 aliphatic heterocycles. The molecule has 0 N–H and O–H groups in total. The molecule has 0 saturated carbocycles. The summed E-state index contributed by atoms with van der Waals surface area (Å²) in [6.07, 6.45) is -2.98. The van der Waals surface area contributed by atoms with Crippen molar-refractivity contribution in [3.05, 3.63) is 59.8 Å². The van der Waals surface area contributed by atoms with E-state index in [2.05, 4.69) is 5.10 Å². The number of benzene rings is 2. The number of carbonyl (C=O) groups excluding carboxylic acids is 1. The first-order valence-electron chi connectivity index (χ1n) is 8.31. The molecule has 0 saturated heterocycles. The van der Waals surface area contributed by atoms with Crippen molar-refractivity contribution >= 4 is 41.3 Å². The molecule has 0 aliphatic carbocycles. The van der Waals surface area contributed by atoms with E-state index in [1.54, 1.807) is 24.3 Å². The SMILES string of the molecule is CSc1ccc(Sc2c(N(C=O)c3ccc(F)cc3F)c(C(F)(F)F)nn2C)cc1. The number of amides is 1. The number of thioether (sulfide) groups is 1. The van der Waals surface area contributed by atoms with Gasteiger partial charge in [-0.05, 0) is 42.7 Å². The Hall–Kier alpha value is -2.53. The van der Waals surface area contributed by atoms with Gasteiger partial charge in [0, 0.05) is 22.9 Å². The zero-order valence-electron chi connectivity index (χ0n) is 15.6. The number of carbonyl (C=O) groups is 1. The minimum atomic E-state index is -4.91. The van der Waals surface area contributed by atoms with Crippen LogP contribution in [0.5, 0.6) is 0 Å². The first-order valence-corrected chi connectivity index (χ1v) is 10.4. The number of aryl methyl sites for hydroxylation is 1. The Morgan fingerprint density at radius 3 is 2.23 bits per heavy atom. The second-order valence-electron chi connectivity index (χ2n) is 5.97. The van der Waals surface area contributed by atoms with Crippen LogP contribution in [0.2, 0.25) is 0 Å². The standard InChI is InChI=1S/C19H14F5N3OS2/c1-26-18(30-13-6-4-12(29-2)5-7-13)16(17(25-26)19(22,23)24)27(10-28)15-8-3-11(20)9-14(15)21/h3-10H,1-2H3. The van der Waals surface area contributed by atoms with Gasteiger partial charge in [-0.15, -0.1) is 11.8 Å². The van der Waals surface area contributed by atoms with Gasteiger partial charge in [-0.25, -0.2) is 8.78 Å². The molecule has 3 rings (SSSR count). The summed E-state index contributed by atoms with van der Waals surface area (Å²) >= 11 is 2.44. The topological polar surface area (TPSA) is 38.1 Å². The summed E-state index contributed by atoms with van der Waals surface area (Å²) in [6.45, 7) is 0. The van der Waals surface area contributed by atoms with E-state index in [-0.39, 0.29) is 11.4 Å². The second-order valence-corrected chi connectivity index (χ2v) is 7.91. The third-order valence-corrected chi connectivity index (χ3v) is 5.93. The summed E-state index contributed by atoms with van der Waals surface area (Å²) in [5.74, 6) is -2.10. The average Bonchev–Trinajstić information content (AvgIpc) is 3.01. The highest BCUT2D eigenvalue weighted by molar-refractivity contribution is 7.99. The fraction of sp³-hybridized carbons (Fsp3) is 0.158. The molecule has 0 aliphatic rings. The number of halogens is 5. The largest absolute Gasteiger partial charge is 0.437 e. The van der Waals surface area contributed by atoms with Gasteiger partial charge in [-0.1, -0.05) is 11.8 Å². The van der Waals surface area contributed by atoms with Crippen LogP contribution in [0, 0.1) is 11.6 Å². The number of nitrogens with zero attached hydrogens (tertiary/aromatic N) is 3. The monoisotopic (exact) mass is 459 g/mol. The molecule has 4 nitrogen and oxygen atoms in total. The number of hydrogen-bond donors (Lipinski definition) is 0. The molecule has 11 heteroatoms. The molecule has 0 unspecified atom stereocenters. The Morgan fingerprint density at radius 2 is 1.70 bits per heavy atom. The van der Waals surface area contributed by atoms with Crippen molar-refractivity contribution in [3.8, 4) is 0 Å². The van der Waals surface area contributed by atoms with Gasteiger partial charge in [0.2, 0.25) is 6.41 Å². The molecule has 2 aromatic carbocycles. The minimum Gasteiger partial charge on any atom is -0.278 e. The molecule has 1 heterocycles. The summed E-state index contributed by atoms with van der Waals surface area (Å²) in [7, 11) is 1.29. The maximum atomic E-state index is 14.3. The summed E-state index contributed by atoms with van der Waals surface area (Å²) < 4.78 is 69.6. The summed E-state index contributed by atoms with van der Waals surface area (Å²) in [5.41, 5.74) is -2.52. The zero-order valence-corrected chi connectivity index (χ0v) is 17.2. The minimum absolute atomic E-state index is 0.0324. The molecule has 3 aromatic rings. The van der Waals surface area contributed by atoms with Crippen molar-refractivity contribution in [2.75, 3.05) is 11.2 Å². The van der Waals surface area contributed by atoms with Gasteiger partial charge in [0.1, 0.15) is 22.3 Å². The number of hydrogen-bond acceptors (Lipinski definition) is 4. The third-order valence-electron chi connectivity index (χ3n) is 4.03. The van der Waals surface area contributed by atoms with Crippen LogP contribution in [0.25, 0.3) is 0 Å². The van der Waals surface area contributed by atoms with E-state index in [4.69, 9.17) is 0 Å². The highest BCUT2D eigenvalue weighted by atomic mass is 32.2. The number of aromatic nitrogens is 2. The van der Waals surface area contributed by atoms with E-state index in [1.165, 1.54) is 18.8 Å². The van der Waals surface area contributed by atoms with Crippen LogP contribution in [0.3, 0.4) is 0 Å². The van der Waals surface area contributed by atoms with Crippen LogP contribution < -0.4 is 4.90 Å². The molecular weight excluding hydrogens is 445 g/mol. The zero-order chi connectivity index (χ0) is 22.1. The predicted molar refractivity (Wildman–Crippen MR) is 105 cm³/mol. The van der Waals surface area contributed by atoms with Crippen molar-refractivity contribution in [3.63, 3.8) is 0 Å². The summed E-state index contributed by atoms with van der Waals surface area (Å²) in [5, 5.41) is 3.49. The van der Waals surface area contributed by atoms with Gasteiger partial charge >= 0.3 is 6.18 Å². The van der Waals surface area contributed by atoms with E-state index in [9.17, 15) is 26.7 Å². The highest BCUT2D eigenvalue weighted by Crippen LogP contribution is 2.45. The Morgan fingerprint density at radius 1 is 1.07 bits per heavy atom. The van der Waals surface area contributed by atoms with E-state index in [0.29, 0.717) is 15.9 Å². The van der Waals surface area contributed by atoms with Gasteiger partial charge in [-0.2, -0.15) is 18.3 Å². The molecule has 1 amide bonds. The smallest absolute Gasteiger partial charge is 0.278 e. The van der Waals surface area contributed by atoms with Gasteiger partial charge in [0.15, 0.2) is 5.69 Å². The molecule has 0 fully saturated rings. The first kappa shape index (κ1) is 22.2. The Balaban J connectivity index is 2.17. The van der Waals surface area contributed by atoms with Crippen LogP contribution >= 0.6 is 23.5 Å². The van der Waals surface area contributed by atoms with Crippen molar-refractivity contribution < 1.29 is 26.7 Å². The number of anilines is 2. The van der Waals surface area contributed by atoms with E-state index >= 15 is 0 Å². The quantitative estimate of drug-likeness (QED) is 0.262. The fourth-order valence-electron chi connectivity index (χ4n) is 2.68. The average molecular weight is 459 g/mol. The summed E-state index contributed by atoms with van der Waals surface area (Å²) in [4.78, 5) is 13.8. The van der Waals surface area contributed by atoms with E-state index < -0.39 is 34.9 Å². The van der Waals surface area contributed by atoms with Gasteiger partial charge in [0.05, 0.1) is 5.69 Å². The molecule has 0 radical (unpaired) electrons. The van der Waals surface area contributed by atoms with E-state index in [1.807, 2.05) is 6.26 Å². The molecule has 0 atom stereocenters. The Bertz CT molecular complexity index is 1070. The Labute approximate surface area is 177 Å². The van der Waals surface area contributed by atoms with Crippen molar-refractivity contribution in [2.24, 2.45) is 7.05 Å². The van der Waals surface area contributed by atoms with Crippen molar-refractivity contribution in [1.82, 2.24) is 9.78 Å². The number of alkyl halides is 3. The van der Waals surface area contributed by atoms with Crippen molar-refractivity contribution in [1.29, 1.82) is 0 Å². The van der Waals surface area contributed by atoms with Crippen LogP contribution in [-0.4, -0.2) is 22.4 Å². The van der Waals surface area contributed by atoms with Crippen molar-refractivity contribution in [2.45, 2.75) is 21.0 Å². The third kappa shape index (κ3) is 4.46.